The van der Waals surface area contributed by atoms with Gasteiger partial charge in [0.05, 0.1) is 12.6 Å². The Bertz CT molecular complexity index is 411. The van der Waals surface area contributed by atoms with Crippen LogP contribution in [0.25, 0.3) is 0 Å². The van der Waals surface area contributed by atoms with Gasteiger partial charge in [0.25, 0.3) is 0 Å². The average Bonchev–Trinajstić information content (AvgIpc) is 2.90. The molecule has 2 rings (SSSR count). The third-order valence-electron chi connectivity index (χ3n) is 3.83. The fraction of sp³-hybridized carbons (Fsp3) is 0.600. The number of aliphatic hydroxyl groups excluding tert-OH is 1. The number of hydrogen-bond donors (Lipinski definition) is 2. The van der Waals surface area contributed by atoms with Crippen LogP contribution in [0.15, 0.2) is 12.1 Å². The Morgan fingerprint density at radius 1 is 1.33 bits per heavy atom. The summed E-state index contributed by atoms with van der Waals surface area (Å²) in [5, 5.41) is 9.19. The summed E-state index contributed by atoms with van der Waals surface area (Å²) in [7, 11) is 0. The van der Waals surface area contributed by atoms with Crippen LogP contribution in [-0.4, -0.2) is 24.8 Å². The molecule has 0 unspecified atom stereocenters. The summed E-state index contributed by atoms with van der Waals surface area (Å²) >= 11 is 0. The molecule has 1 atom stereocenters. The predicted molar refractivity (Wildman–Crippen MR) is 76.0 cm³/mol. The highest BCUT2D eigenvalue weighted by Crippen LogP contribution is 2.31. The van der Waals surface area contributed by atoms with E-state index in [9.17, 15) is 5.11 Å². The molecule has 0 radical (unpaired) electrons. The molecule has 1 aromatic carbocycles. The molecular formula is C15H24N2O. The maximum absolute atomic E-state index is 9.19. The van der Waals surface area contributed by atoms with Gasteiger partial charge in [0, 0.05) is 18.8 Å². The summed E-state index contributed by atoms with van der Waals surface area (Å²) in [5.74, 6) is 0. The summed E-state index contributed by atoms with van der Waals surface area (Å²) in [6.45, 7) is 6.67. The van der Waals surface area contributed by atoms with E-state index >= 15 is 0 Å². The Hall–Kier alpha value is -1.06. The first-order valence-corrected chi connectivity index (χ1v) is 6.92. The number of benzene rings is 1. The van der Waals surface area contributed by atoms with E-state index in [4.69, 9.17) is 5.73 Å². The van der Waals surface area contributed by atoms with Crippen molar-refractivity contribution < 1.29 is 5.11 Å². The van der Waals surface area contributed by atoms with Crippen LogP contribution < -0.4 is 10.6 Å². The lowest BCUT2D eigenvalue weighted by Gasteiger charge is -2.25. The molecule has 0 aliphatic carbocycles. The molecule has 1 aliphatic rings. The van der Waals surface area contributed by atoms with Crippen molar-refractivity contribution in [1.29, 1.82) is 0 Å². The largest absolute Gasteiger partial charge is 0.394 e. The minimum absolute atomic E-state index is 0.00561. The number of aryl methyl sites for hydroxylation is 2. The lowest BCUT2D eigenvalue weighted by Crippen LogP contribution is -2.22. The molecule has 1 aromatic rings. The molecule has 100 valence electrons. The predicted octanol–water partition coefficient (Wildman–Crippen LogP) is 2.15. The zero-order valence-corrected chi connectivity index (χ0v) is 11.4. The molecule has 0 saturated carbocycles. The van der Waals surface area contributed by atoms with Gasteiger partial charge in [0.1, 0.15) is 0 Å². The number of rotatable bonds is 4. The third-order valence-corrected chi connectivity index (χ3v) is 3.83. The number of nitrogens with two attached hydrogens (primary N) is 1. The van der Waals surface area contributed by atoms with E-state index in [0.29, 0.717) is 0 Å². The number of hydrogen-bond acceptors (Lipinski definition) is 3. The number of anilines is 1. The third kappa shape index (κ3) is 2.52. The summed E-state index contributed by atoms with van der Waals surface area (Å²) in [4.78, 5) is 2.49. The summed E-state index contributed by atoms with van der Waals surface area (Å²) in [6.07, 6.45) is 3.60. The minimum Gasteiger partial charge on any atom is -0.394 e. The van der Waals surface area contributed by atoms with Crippen LogP contribution in [0, 0.1) is 6.92 Å². The summed E-state index contributed by atoms with van der Waals surface area (Å²) < 4.78 is 0. The molecule has 0 amide bonds. The van der Waals surface area contributed by atoms with Crippen LogP contribution in [0.5, 0.6) is 0 Å². The molecule has 0 spiro atoms. The second kappa shape index (κ2) is 5.72. The molecule has 1 fully saturated rings. The second-order valence-corrected chi connectivity index (χ2v) is 5.18. The Kier molecular flexibility index (Phi) is 4.25. The first kappa shape index (κ1) is 13.4. The van der Waals surface area contributed by atoms with Gasteiger partial charge in [-0.3, -0.25) is 0 Å². The molecule has 3 nitrogen and oxygen atoms in total. The fourth-order valence-electron chi connectivity index (χ4n) is 2.87. The molecule has 0 bridgehead atoms. The van der Waals surface area contributed by atoms with Crippen molar-refractivity contribution in [3.8, 4) is 0 Å². The van der Waals surface area contributed by atoms with Gasteiger partial charge >= 0.3 is 0 Å². The van der Waals surface area contributed by atoms with Crippen molar-refractivity contribution in [1.82, 2.24) is 0 Å². The highest BCUT2D eigenvalue weighted by Gasteiger charge is 2.19. The first-order chi connectivity index (χ1) is 8.67. The molecule has 1 heterocycles. The van der Waals surface area contributed by atoms with Crippen LogP contribution in [0.3, 0.4) is 0 Å². The Balaban J connectivity index is 2.40. The average molecular weight is 248 g/mol. The monoisotopic (exact) mass is 248 g/mol. The van der Waals surface area contributed by atoms with Gasteiger partial charge in [0.15, 0.2) is 0 Å². The van der Waals surface area contributed by atoms with Gasteiger partial charge in [0.2, 0.25) is 0 Å². The van der Waals surface area contributed by atoms with Crippen LogP contribution in [0.4, 0.5) is 5.69 Å². The van der Waals surface area contributed by atoms with Crippen LogP contribution in [-0.2, 0) is 6.42 Å². The van der Waals surface area contributed by atoms with E-state index < -0.39 is 0 Å². The maximum atomic E-state index is 9.19. The van der Waals surface area contributed by atoms with Crippen molar-refractivity contribution >= 4 is 5.69 Å². The molecule has 1 saturated heterocycles. The van der Waals surface area contributed by atoms with Gasteiger partial charge in [-0.25, -0.2) is 0 Å². The van der Waals surface area contributed by atoms with Crippen molar-refractivity contribution in [3.05, 3.63) is 28.8 Å². The van der Waals surface area contributed by atoms with Gasteiger partial charge in [-0.1, -0.05) is 19.1 Å². The van der Waals surface area contributed by atoms with E-state index in [0.717, 1.165) is 12.0 Å². The standard InChI is InChI=1S/C15H24N2O/c1-3-12-9-13(14(16)10-18)8-11(2)15(12)17-6-4-5-7-17/h8-9,14,18H,3-7,10,16H2,1-2H3/t14-/m1/s1. The van der Waals surface area contributed by atoms with Crippen molar-refractivity contribution in [2.45, 2.75) is 39.2 Å². The maximum Gasteiger partial charge on any atom is 0.0624 e. The highest BCUT2D eigenvalue weighted by molar-refractivity contribution is 5.61. The Morgan fingerprint density at radius 2 is 2.00 bits per heavy atom. The summed E-state index contributed by atoms with van der Waals surface area (Å²) in [5.41, 5.74) is 11.0. The first-order valence-electron chi connectivity index (χ1n) is 6.92. The molecule has 3 heteroatoms. The minimum atomic E-state index is -0.262. The normalized spacial score (nSPS) is 17.2. The van der Waals surface area contributed by atoms with Crippen LogP contribution in [0.1, 0.15) is 42.5 Å². The van der Waals surface area contributed by atoms with Crippen molar-refractivity contribution in [2.75, 3.05) is 24.6 Å². The van der Waals surface area contributed by atoms with Crippen LogP contribution in [0.2, 0.25) is 0 Å². The Morgan fingerprint density at radius 3 is 2.56 bits per heavy atom. The summed E-state index contributed by atoms with van der Waals surface area (Å²) in [6, 6.07) is 4.04. The smallest absolute Gasteiger partial charge is 0.0624 e. The zero-order chi connectivity index (χ0) is 13.1. The van der Waals surface area contributed by atoms with E-state index in [1.54, 1.807) is 0 Å². The topological polar surface area (TPSA) is 49.5 Å². The van der Waals surface area contributed by atoms with E-state index in [2.05, 4.69) is 30.9 Å². The van der Waals surface area contributed by atoms with E-state index in [-0.39, 0.29) is 12.6 Å². The van der Waals surface area contributed by atoms with E-state index in [1.807, 2.05) is 0 Å². The van der Waals surface area contributed by atoms with Crippen LogP contribution >= 0.6 is 0 Å². The zero-order valence-electron chi connectivity index (χ0n) is 11.4. The second-order valence-electron chi connectivity index (χ2n) is 5.18. The van der Waals surface area contributed by atoms with E-state index in [1.165, 1.54) is 42.7 Å². The quantitative estimate of drug-likeness (QED) is 0.858. The SMILES string of the molecule is CCc1cc([C@H](N)CO)cc(C)c1N1CCCC1. The van der Waals surface area contributed by atoms with Crippen molar-refractivity contribution in [2.24, 2.45) is 5.73 Å². The van der Waals surface area contributed by atoms with Gasteiger partial charge < -0.3 is 15.7 Å². The molecule has 3 N–H and O–H groups in total. The number of nitrogens with zero attached hydrogens (tertiary/aromatic N) is 1. The fourth-order valence-corrected chi connectivity index (χ4v) is 2.87. The lowest BCUT2D eigenvalue weighted by molar-refractivity contribution is 0.268. The van der Waals surface area contributed by atoms with Gasteiger partial charge in [-0.05, 0) is 42.9 Å². The van der Waals surface area contributed by atoms with Crippen molar-refractivity contribution in [3.63, 3.8) is 0 Å². The number of aliphatic hydroxyl groups is 1. The molecular weight excluding hydrogens is 224 g/mol. The van der Waals surface area contributed by atoms with Gasteiger partial charge in [-0.2, -0.15) is 0 Å². The molecule has 0 aromatic heterocycles. The molecule has 18 heavy (non-hydrogen) atoms. The molecule has 1 aliphatic heterocycles. The highest BCUT2D eigenvalue weighted by atomic mass is 16.3. The Labute approximate surface area is 110 Å². The lowest BCUT2D eigenvalue weighted by atomic mass is 9.97. The van der Waals surface area contributed by atoms with Gasteiger partial charge in [-0.15, -0.1) is 0 Å².